The van der Waals surface area contributed by atoms with Crippen molar-refractivity contribution in [2.24, 2.45) is 0 Å². The fourth-order valence-corrected chi connectivity index (χ4v) is 5.31. The lowest BCUT2D eigenvalue weighted by molar-refractivity contribution is -0.232. The third-order valence-corrected chi connectivity index (χ3v) is 7.62. The molecular formula is C27H30O15. The summed E-state index contributed by atoms with van der Waals surface area (Å²) in [5.74, 6) is -2.22. The van der Waals surface area contributed by atoms with Crippen molar-refractivity contribution in [2.45, 2.75) is 54.9 Å². The van der Waals surface area contributed by atoms with Crippen molar-refractivity contribution >= 4 is 11.0 Å². The molecule has 0 radical (unpaired) electrons. The van der Waals surface area contributed by atoms with Crippen molar-refractivity contribution in [3.05, 3.63) is 45.6 Å². The molecule has 10 N–H and O–H groups in total. The minimum absolute atomic E-state index is 0.0299. The molecule has 0 aliphatic carbocycles. The molecule has 15 nitrogen and oxygen atoms in total. The van der Waals surface area contributed by atoms with Crippen molar-refractivity contribution in [1.29, 1.82) is 0 Å². The molecule has 3 heterocycles. The second-order valence-corrected chi connectivity index (χ2v) is 10.1. The third kappa shape index (κ3) is 4.74. The van der Waals surface area contributed by atoms with Crippen LogP contribution in [-0.2, 0) is 9.47 Å². The summed E-state index contributed by atoms with van der Waals surface area (Å²) in [4.78, 5) is 13.5. The number of aliphatic hydroxyl groups is 7. The van der Waals surface area contributed by atoms with Gasteiger partial charge in [-0.2, -0.15) is 0 Å². The molecule has 0 saturated carbocycles. The quantitative estimate of drug-likeness (QED) is 0.157. The van der Waals surface area contributed by atoms with Gasteiger partial charge in [0, 0.05) is 11.6 Å². The number of ether oxygens (including phenoxy) is 3. The Morgan fingerprint density at radius 2 is 1.55 bits per heavy atom. The molecule has 3 aromatic rings. The van der Waals surface area contributed by atoms with Crippen molar-refractivity contribution < 1.29 is 69.7 Å². The molecular weight excluding hydrogens is 564 g/mol. The van der Waals surface area contributed by atoms with E-state index >= 15 is 0 Å². The molecule has 1 aromatic heterocycles. The maximum Gasteiger partial charge on any atom is 0.197 e. The molecule has 15 heteroatoms. The van der Waals surface area contributed by atoms with Gasteiger partial charge in [-0.05, 0) is 18.2 Å². The Balaban J connectivity index is 1.80. The monoisotopic (exact) mass is 594 g/mol. The normalized spacial score (nSPS) is 31.8. The van der Waals surface area contributed by atoms with Gasteiger partial charge in [-0.1, -0.05) is 0 Å². The number of methoxy groups -OCH3 is 1. The number of aliphatic hydroxyl groups excluding tert-OH is 7. The van der Waals surface area contributed by atoms with Crippen LogP contribution in [0.5, 0.6) is 23.0 Å². The summed E-state index contributed by atoms with van der Waals surface area (Å²) in [6.45, 7) is -1.36. The van der Waals surface area contributed by atoms with Gasteiger partial charge in [-0.25, -0.2) is 0 Å². The van der Waals surface area contributed by atoms with E-state index in [4.69, 9.17) is 18.6 Å². The van der Waals surface area contributed by atoms with Gasteiger partial charge >= 0.3 is 0 Å². The lowest BCUT2D eigenvalue weighted by atomic mass is 9.85. The van der Waals surface area contributed by atoms with E-state index in [0.29, 0.717) is 0 Å². The fraction of sp³-hybridized carbons (Fsp3) is 0.444. The van der Waals surface area contributed by atoms with Gasteiger partial charge in [-0.15, -0.1) is 0 Å². The van der Waals surface area contributed by atoms with Gasteiger partial charge in [0.25, 0.3) is 0 Å². The molecule has 0 amide bonds. The molecule has 0 unspecified atom stereocenters. The smallest absolute Gasteiger partial charge is 0.197 e. The van der Waals surface area contributed by atoms with Crippen LogP contribution in [-0.4, -0.2) is 114 Å². The zero-order valence-electron chi connectivity index (χ0n) is 21.9. The van der Waals surface area contributed by atoms with Crippen LogP contribution in [0.4, 0.5) is 0 Å². The highest BCUT2D eigenvalue weighted by atomic mass is 16.5. The molecule has 2 aliphatic rings. The van der Waals surface area contributed by atoms with Crippen LogP contribution in [0.1, 0.15) is 23.3 Å². The summed E-state index contributed by atoms with van der Waals surface area (Å²) >= 11 is 0. The highest BCUT2D eigenvalue weighted by molar-refractivity contribution is 5.92. The van der Waals surface area contributed by atoms with E-state index in [1.54, 1.807) is 0 Å². The van der Waals surface area contributed by atoms with Crippen LogP contribution in [0.2, 0.25) is 0 Å². The van der Waals surface area contributed by atoms with Crippen molar-refractivity contribution in [3.8, 4) is 34.3 Å². The average Bonchev–Trinajstić information content (AvgIpc) is 2.96. The van der Waals surface area contributed by atoms with E-state index in [1.165, 1.54) is 25.3 Å². The number of rotatable bonds is 5. The van der Waals surface area contributed by atoms with E-state index < -0.39 is 107 Å². The summed E-state index contributed by atoms with van der Waals surface area (Å²) in [5.41, 5.74) is -2.35. The Hall–Kier alpha value is -3.51. The minimum atomic E-state index is -2.00. The topological polar surface area (TPSA) is 260 Å². The summed E-state index contributed by atoms with van der Waals surface area (Å²) in [7, 11) is 1.30. The van der Waals surface area contributed by atoms with Gasteiger partial charge in [0.2, 0.25) is 0 Å². The second kappa shape index (κ2) is 11.3. The standard InChI is InChI=1S/C27H30O15/c1-39-13-4-8(2-3-9(13)29)12-5-10(30)15-20(34)16(27-24(38)22(36)19(33)14(6-28)42-27)21(35)17(25(15)41-12)26-23(37)18(32)11(31)7-40-26/h2-5,11,14,18-19,22-24,26-29,31-38H,6-7H2,1H3/t11-,14+,18-,19+,22-,23+,24+,26-,27-/m0/s1. The Kier molecular flexibility index (Phi) is 8.06. The first-order valence-electron chi connectivity index (χ1n) is 12.8. The lowest BCUT2D eigenvalue weighted by Gasteiger charge is -2.41. The predicted molar refractivity (Wildman–Crippen MR) is 139 cm³/mol. The van der Waals surface area contributed by atoms with Crippen LogP contribution in [0.15, 0.2) is 33.5 Å². The van der Waals surface area contributed by atoms with Crippen LogP contribution < -0.4 is 10.2 Å². The Bertz CT molecular complexity index is 1530. The maximum atomic E-state index is 13.5. The number of hydrogen-bond acceptors (Lipinski definition) is 15. The summed E-state index contributed by atoms with van der Waals surface area (Å²) in [5, 5.41) is 104. The Morgan fingerprint density at radius 3 is 2.21 bits per heavy atom. The van der Waals surface area contributed by atoms with Crippen molar-refractivity contribution in [2.75, 3.05) is 20.3 Å². The molecule has 5 rings (SSSR count). The van der Waals surface area contributed by atoms with Crippen LogP contribution in [0, 0.1) is 0 Å². The zero-order valence-corrected chi connectivity index (χ0v) is 21.9. The zero-order chi connectivity index (χ0) is 30.6. The largest absolute Gasteiger partial charge is 0.507 e. The highest BCUT2D eigenvalue weighted by Crippen LogP contribution is 2.50. The molecule has 2 aliphatic heterocycles. The van der Waals surface area contributed by atoms with Crippen LogP contribution >= 0.6 is 0 Å². The van der Waals surface area contributed by atoms with Gasteiger partial charge in [0.05, 0.1) is 31.5 Å². The highest BCUT2D eigenvalue weighted by Gasteiger charge is 2.48. The number of aromatic hydroxyl groups is 3. The van der Waals surface area contributed by atoms with E-state index in [-0.39, 0.29) is 22.8 Å². The first kappa shape index (κ1) is 30.0. The van der Waals surface area contributed by atoms with Gasteiger partial charge in [0.15, 0.2) is 22.5 Å². The third-order valence-electron chi connectivity index (χ3n) is 7.62. The van der Waals surface area contributed by atoms with Crippen molar-refractivity contribution in [3.63, 3.8) is 0 Å². The summed E-state index contributed by atoms with van der Waals surface area (Å²) in [6.07, 6.45) is -15.9. The number of phenols is 3. The van der Waals surface area contributed by atoms with Gasteiger partial charge in [0.1, 0.15) is 77.6 Å². The number of fused-ring (bicyclic) bond motifs is 1. The molecule has 9 atom stereocenters. The SMILES string of the molecule is COc1cc(-c2cc(=O)c3c(O)c([C@@H]4O[C@H](CO)[C@@H](O)[C@H](O)[C@H]4O)c(O)c([C@@H]4OC[C@H](O)[C@H](O)[C@H]4O)c3o2)ccc1O. The number of hydrogen-bond donors (Lipinski definition) is 10. The van der Waals surface area contributed by atoms with Crippen molar-refractivity contribution in [1.82, 2.24) is 0 Å². The predicted octanol–water partition coefficient (Wildman–Crippen LogP) is -1.75. The summed E-state index contributed by atoms with van der Waals surface area (Å²) < 4.78 is 22.1. The van der Waals surface area contributed by atoms with E-state index in [0.717, 1.165) is 6.07 Å². The van der Waals surface area contributed by atoms with E-state index in [1.807, 2.05) is 0 Å². The first-order chi connectivity index (χ1) is 19.9. The molecule has 42 heavy (non-hydrogen) atoms. The van der Waals surface area contributed by atoms with Crippen LogP contribution in [0.25, 0.3) is 22.3 Å². The summed E-state index contributed by atoms with van der Waals surface area (Å²) in [6, 6.07) is 4.97. The van der Waals surface area contributed by atoms with Gasteiger partial charge in [-0.3, -0.25) is 4.79 Å². The van der Waals surface area contributed by atoms with Crippen LogP contribution in [0.3, 0.4) is 0 Å². The first-order valence-corrected chi connectivity index (χ1v) is 12.8. The lowest BCUT2D eigenvalue weighted by Crippen LogP contribution is -2.55. The molecule has 0 bridgehead atoms. The van der Waals surface area contributed by atoms with E-state index in [2.05, 4.69) is 0 Å². The second-order valence-electron chi connectivity index (χ2n) is 10.1. The molecule has 2 fully saturated rings. The Labute approximate surface area is 236 Å². The van der Waals surface area contributed by atoms with E-state index in [9.17, 15) is 55.9 Å². The molecule has 2 aromatic carbocycles. The molecule has 228 valence electrons. The molecule has 0 spiro atoms. The minimum Gasteiger partial charge on any atom is -0.507 e. The van der Waals surface area contributed by atoms with Gasteiger partial charge < -0.3 is 69.7 Å². The molecule has 2 saturated heterocycles. The fourth-order valence-electron chi connectivity index (χ4n) is 5.31. The maximum absolute atomic E-state index is 13.5. The average molecular weight is 595 g/mol. The Morgan fingerprint density at radius 1 is 0.857 bits per heavy atom. The number of phenolic OH excluding ortho intramolecular Hbond substituents is 3. The number of benzene rings is 2.